The van der Waals surface area contributed by atoms with Crippen LogP contribution in [0.5, 0.6) is 0 Å². The van der Waals surface area contributed by atoms with Gasteiger partial charge in [-0.15, -0.1) is 0 Å². The molecule has 0 aromatic rings. The van der Waals surface area contributed by atoms with Crippen molar-refractivity contribution >= 4 is 24.9 Å². The third-order valence-electron chi connectivity index (χ3n) is 0.478. The highest BCUT2D eigenvalue weighted by molar-refractivity contribution is 6.54. The standard InChI is InChI=1S/C4H6N3/c1-7-4(2-5)3-6/h2-3,5-6H,1H2/q+1. The summed E-state index contributed by atoms with van der Waals surface area (Å²) in [5.41, 5.74) is 0.278. The maximum absolute atomic E-state index is 6.51. The molecule has 7 heavy (non-hydrogen) atoms. The first-order chi connectivity index (χ1) is 3.35. The smallest absolute Gasteiger partial charge is 0.301 e. The van der Waals surface area contributed by atoms with Gasteiger partial charge in [0.15, 0.2) is 0 Å². The highest BCUT2D eigenvalue weighted by Crippen LogP contribution is 1.47. The van der Waals surface area contributed by atoms with Crippen molar-refractivity contribution in [2.45, 2.75) is 0 Å². The van der Waals surface area contributed by atoms with E-state index < -0.39 is 0 Å². The molecule has 0 rings (SSSR count). The van der Waals surface area contributed by atoms with Crippen molar-refractivity contribution in [1.29, 1.82) is 10.8 Å². The van der Waals surface area contributed by atoms with E-state index in [1.165, 1.54) is 0 Å². The minimum atomic E-state index is 0.278. The second kappa shape index (κ2) is 3.00. The van der Waals surface area contributed by atoms with E-state index >= 15 is 0 Å². The minimum Gasteiger partial charge on any atom is -0.301 e. The van der Waals surface area contributed by atoms with Gasteiger partial charge in [-0.1, -0.05) is 4.67 Å². The first kappa shape index (κ1) is 5.79. The van der Waals surface area contributed by atoms with Crippen LogP contribution in [0, 0.1) is 10.8 Å². The van der Waals surface area contributed by atoms with Crippen molar-refractivity contribution in [3.05, 3.63) is 0 Å². The zero-order chi connectivity index (χ0) is 5.70. The largest absolute Gasteiger partial charge is 0.360 e. The lowest BCUT2D eigenvalue weighted by atomic mass is 10.5. The first-order valence-corrected chi connectivity index (χ1v) is 1.69. The van der Waals surface area contributed by atoms with Crippen LogP contribution >= 0.6 is 0 Å². The van der Waals surface area contributed by atoms with Crippen LogP contribution < -0.4 is 4.67 Å². The topological polar surface area (TPSA) is 61.8 Å². The maximum Gasteiger partial charge on any atom is 0.360 e. The van der Waals surface area contributed by atoms with Crippen molar-refractivity contribution in [3.8, 4) is 0 Å². The molecule has 0 atom stereocenters. The van der Waals surface area contributed by atoms with E-state index in [2.05, 4.69) is 11.4 Å². The lowest BCUT2D eigenvalue weighted by Crippen LogP contribution is -2.01. The van der Waals surface area contributed by atoms with Gasteiger partial charge in [-0.05, 0) is 0 Å². The number of hydrogen-bond donors (Lipinski definition) is 2. The van der Waals surface area contributed by atoms with Crippen LogP contribution in [0.25, 0.3) is 0 Å². The molecule has 0 aliphatic carbocycles. The average molecular weight is 96.1 g/mol. The summed E-state index contributed by atoms with van der Waals surface area (Å²) in [4.78, 5) is 0. The Labute approximate surface area is 41.4 Å². The van der Waals surface area contributed by atoms with Gasteiger partial charge in [0.25, 0.3) is 6.72 Å². The number of nitrogens with one attached hydrogen (secondary N) is 2. The Kier molecular flexibility index (Phi) is 2.48. The summed E-state index contributed by atoms with van der Waals surface area (Å²) in [7, 11) is 0. The lowest BCUT2D eigenvalue weighted by Gasteiger charge is -1.58. The van der Waals surface area contributed by atoms with E-state index in [9.17, 15) is 0 Å². The molecule has 0 unspecified atom stereocenters. The Morgan fingerprint density at radius 2 is 1.86 bits per heavy atom. The predicted molar refractivity (Wildman–Crippen MR) is 31.8 cm³/mol. The highest BCUT2D eigenvalue weighted by atomic mass is 14.6. The molecule has 0 aromatic heterocycles. The molecule has 0 heterocycles. The van der Waals surface area contributed by atoms with E-state index in [4.69, 9.17) is 10.8 Å². The molecule has 0 radical (unpaired) electrons. The SMILES string of the molecule is C=[N+]=C(C=N)C=N. The van der Waals surface area contributed by atoms with Crippen LogP contribution in [0.1, 0.15) is 0 Å². The van der Waals surface area contributed by atoms with Crippen molar-refractivity contribution in [1.82, 2.24) is 4.67 Å². The quantitative estimate of drug-likeness (QED) is 0.344. The van der Waals surface area contributed by atoms with Gasteiger partial charge in [0.2, 0.25) is 0 Å². The van der Waals surface area contributed by atoms with Gasteiger partial charge in [-0.25, -0.2) is 0 Å². The Morgan fingerprint density at radius 3 is 1.86 bits per heavy atom. The molecule has 0 aromatic carbocycles. The van der Waals surface area contributed by atoms with Gasteiger partial charge in [-0.3, -0.25) is 0 Å². The Hall–Kier alpha value is -1.21. The fraction of sp³-hybridized carbons (Fsp3) is 0. The fourth-order valence-electron chi connectivity index (χ4n) is 0.133. The fourth-order valence-corrected chi connectivity index (χ4v) is 0.133. The molecule has 0 spiro atoms. The summed E-state index contributed by atoms with van der Waals surface area (Å²) >= 11 is 0. The molecule has 0 amide bonds. The van der Waals surface area contributed by atoms with Crippen LogP contribution in [0.3, 0.4) is 0 Å². The van der Waals surface area contributed by atoms with Gasteiger partial charge in [0, 0.05) is 0 Å². The van der Waals surface area contributed by atoms with Crippen LogP contribution in [-0.2, 0) is 0 Å². The van der Waals surface area contributed by atoms with E-state index in [0.717, 1.165) is 12.4 Å². The minimum absolute atomic E-state index is 0.278. The Balaban J connectivity index is 4.14. The molecule has 2 N–H and O–H groups in total. The van der Waals surface area contributed by atoms with Gasteiger partial charge in [0.1, 0.15) is 12.4 Å². The van der Waals surface area contributed by atoms with Gasteiger partial charge >= 0.3 is 5.71 Å². The van der Waals surface area contributed by atoms with Gasteiger partial charge in [0.05, 0.1) is 0 Å². The molecule has 3 nitrogen and oxygen atoms in total. The summed E-state index contributed by atoms with van der Waals surface area (Å²) in [5.74, 6) is 0. The van der Waals surface area contributed by atoms with E-state index in [-0.39, 0.29) is 5.71 Å². The molecule has 0 saturated carbocycles. The van der Waals surface area contributed by atoms with Crippen molar-refractivity contribution < 1.29 is 0 Å². The summed E-state index contributed by atoms with van der Waals surface area (Å²) in [5, 5.41) is 13.0. The molecule has 0 saturated heterocycles. The van der Waals surface area contributed by atoms with E-state index in [0.29, 0.717) is 0 Å². The zero-order valence-electron chi connectivity index (χ0n) is 3.81. The number of hydrogen-bond acceptors (Lipinski definition) is 2. The lowest BCUT2D eigenvalue weighted by molar-refractivity contribution is 1.56. The normalized spacial score (nSPS) is 6.29. The Bertz CT molecular complexity index is 120. The molecular formula is C4H6N3+. The van der Waals surface area contributed by atoms with Crippen molar-refractivity contribution in [2.24, 2.45) is 0 Å². The van der Waals surface area contributed by atoms with Crippen LogP contribution in [0.2, 0.25) is 0 Å². The van der Waals surface area contributed by atoms with Crippen LogP contribution in [0.15, 0.2) is 0 Å². The Morgan fingerprint density at radius 1 is 1.43 bits per heavy atom. The third-order valence-corrected chi connectivity index (χ3v) is 0.478. The second-order valence-corrected chi connectivity index (χ2v) is 0.872. The molecular weight excluding hydrogens is 90.1 g/mol. The maximum atomic E-state index is 6.51. The van der Waals surface area contributed by atoms with Crippen LogP contribution in [-0.4, -0.2) is 24.9 Å². The van der Waals surface area contributed by atoms with Gasteiger partial charge in [-0.2, -0.15) is 0 Å². The summed E-state index contributed by atoms with van der Waals surface area (Å²) in [6, 6.07) is 0. The zero-order valence-corrected chi connectivity index (χ0v) is 3.81. The number of nitrogens with zero attached hydrogens (tertiary/aromatic N) is 1. The van der Waals surface area contributed by atoms with E-state index in [1.807, 2.05) is 0 Å². The molecule has 0 bridgehead atoms. The van der Waals surface area contributed by atoms with Gasteiger partial charge < -0.3 is 10.8 Å². The molecule has 3 heteroatoms. The van der Waals surface area contributed by atoms with Crippen molar-refractivity contribution in [2.75, 3.05) is 0 Å². The monoisotopic (exact) mass is 96.1 g/mol. The molecule has 36 valence electrons. The second-order valence-electron chi connectivity index (χ2n) is 0.872. The van der Waals surface area contributed by atoms with Crippen LogP contribution in [0.4, 0.5) is 0 Å². The highest BCUT2D eigenvalue weighted by Gasteiger charge is 1.92. The molecule has 0 aliphatic rings. The third kappa shape index (κ3) is 1.63. The molecule has 0 aliphatic heterocycles. The van der Waals surface area contributed by atoms with Crippen molar-refractivity contribution in [3.63, 3.8) is 0 Å². The summed E-state index contributed by atoms with van der Waals surface area (Å²) in [6.07, 6.45) is 1.94. The summed E-state index contributed by atoms with van der Waals surface area (Å²) in [6.45, 7) is 3.11. The molecule has 0 fully saturated rings. The average Bonchev–Trinajstić information content (AvgIpc) is 1.72. The first-order valence-electron chi connectivity index (χ1n) is 1.69. The van der Waals surface area contributed by atoms with E-state index in [1.54, 1.807) is 0 Å². The number of rotatable bonds is 2. The predicted octanol–water partition coefficient (Wildman–Crippen LogP) is -0.506. The summed E-state index contributed by atoms with van der Waals surface area (Å²) < 4.78 is 3.31.